The van der Waals surface area contributed by atoms with E-state index in [1.807, 2.05) is 12.1 Å². The highest BCUT2D eigenvalue weighted by molar-refractivity contribution is 9.10. The van der Waals surface area contributed by atoms with Gasteiger partial charge in [-0.1, -0.05) is 29.8 Å². The Labute approximate surface area is 124 Å². The monoisotopic (exact) mass is 342 g/mol. The lowest BCUT2D eigenvalue weighted by Gasteiger charge is -2.04. The van der Waals surface area contributed by atoms with Gasteiger partial charge in [-0.2, -0.15) is 0 Å². The normalized spacial score (nSPS) is 11.1. The Bertz CT molecular complexity index is 538. The Morgan fingerprint density at radius 1 is 1.44 bits per heavy atom. The molecule has 2 rings (SSSR count). The molecule has 0 saturated carbocycles. The molecule has 5 heteroatoms. The zero-order valence-corrected chi connectivity index (χ0v) is 13.5. The van der Waals surface area contributed by atoms with Crippen LogP contribution >= 0.6 is 39.0 Å². The molecule has 0 aliphatic rings. The molecule has 0 fully saturated rings. The summed E-state index contributed by atoms with van der Waals surface area (Å²) in [5.74, 6) is 1.37. The minimum atomic E-state index is 0.504. The van der Waals surface area contributed by atoms with E-state index in [0.717, 1.165) is 26.5 Å². The van der Waals surface area contributed by atoms with E-state index in [1.54, 1.807) is 23.1 Å². The number of nitrogens with zero attached hydrogens (tertiary/aromatic N) is 1. The van der Waals surface area contributed by atoms with E-state index in [1.165, 1.54) is 5.01 Å². The lowest BCUT2D eigenvalue weighted by atomic mass is 10.2. The summed E-state index contributed by atoms with van der Waals surface area (Å²) in [4.78, 5) is 5.72. The van der Waals surface area contributed by atoms with Crippen LogP contribution in [0.3, 0.4) is 0 Å². The van der Waals surface area contributed by atoms with E-state index in [0.29, 0.717) is 5.92 Å². The standard InChI is InChI=1S/C13H15BrN2S2/c1-8(2)13-16-10(7-18-13)6-17-12-5-9(14)3-4-11(12)15/h3-5,7-8H,6,15H2,1-2H3. The number of thiazole rings is 1. The Morgan fingerprint density at radius 3 is 2.89 bits per heavy atom. The van der Waals surface area contributed by atoms with Crippen LogP contribution in [0.15, 0.2) is 32.9 Å². The van der Waals surface area contributed by atoms with Crippen LogP contribution in [0.1, 0.15) is 30.5 Å². The van der Waals surface area contributed by atoms with Crippen molar-refractivity contribution in [2.45, 2.75) is 30.4 Å². The lowest BCUT2D eigenvalue weighted by Crippen LogP contribution is -1.90. The number of nitrogens with two attached hydrogens (primary N) is 1. The Hall–Kier alpha value is -0.520. The van der Waals surface area contributed by atoms with Crippen LogP contribution in [0.25, 0.3) is 0 Å². The number of hydrogen-bond acceptors (Lipinski definition) is 4. The largest absolute Gasteiger partial charge is 0.398 e. The Balaban J connectivity index is 2.04. The highest BCUT2D eigenvalue weighted by Crippen LogP contribution is 2.31. The van der Waals surface area contributed by atoms with Crippen molar-refractivity contribution in [2.24, 2.45) is 0 Å². The fraction of sp³-hybridized carbons (Fsp3) is 0.308. The highest BCUT2D eigenvalue weighted by Gasteiger charge is 2.07. The van der Waals surface area contributed by atoms with Crippen LogP contribution in [0.5, 0.6) is 0 Å². The number of halogens is 1. The molecule has 18 heavy (non-hydrogen) atoms. The van der Waals surface area contributed by atoms with Crippen LogP contribution in [0.2, 0.25) is 0 Å². The van der Waals surface area contributed by atoms with Crippen molar-refractivity contribution in [3.8, 4) is 0 Å². The molecule has 2 N–H and O–H groups in total. The average Bonchev–Trinajstić information content (AvgIpc) is 2.79. The zero-order chi connectivity index (χ0) is 13.1. The van der Waals surface area contributed by atoms with Gasteiger partial charge in [0.2, 0.25) is 0 Å². The molecule has 0 spiro atoms. The van der Waals surface area contributed by atoms with E-state index < -0.39 is 0 Å². The summed E-state index contributed by atoms with van der Waals surface area (Å²) in [6.07, 6.45) is 0. The molecule has 2 aromatic rings. The maximum absolute atomic E-state index is 5.95. The van der Waals surface area contributed by atoms with Gasteiger partial charge >= 0.3 is 0 Å². The predicted octanol–water partition coefficient (Wildman–Crippen LogP) is 4.90. The molecule has 0 saturated heterocycles. The molecule has 0 unspecified atom stereocenters. The van der Waals surface area contributed by atoms with Crippen LogP contribution in [-0.4, -0.2) is 4.98 Å². The number of anilines is 1. The third-order valence-corrected chi connectivity index (χ3v) is 5.21. The van der Waals surface area contributed by atoms with Gasteiger partial charge in [0, 0.05) is 32.1 Å². The molecule has 0 amide bonds. The quantitative estimate of drug-likeness (QED) is 0.634. The van der Waals surface area contributed by atoms with Crippen molar-refractivity contribution >= 4 is 44.7 Å². The minimum Gasteiger partial charge on any atom is -0.398 e. The maximum Gasteiger partial charge on any atom is 0.0954 e. The van der Waals surface area contributed by atoms with Gasteiger partial charge in [-0.3, -0.25) is 0 Å². The first kappa shape index (κ1) is 13.9. The zero-order valence-electron chi connectivity index (χ0n) is 10.3. The second-order valence-electron chi connectivity index (χ2n) is 4.30. The number of nitrogen functional groups attached to an aromatic ring is 1. The van der Waals surface area contributed by atoms with Crippen molar-refractivity contribution in [1.82, 2.24) is 4.98 Å². The van der Waals surface area contributed by atoms with Gasteiger partial charge in [0.15, 0.2) is 0 Å². The van der Waals surface area contributed by atoms with Crippen LogP contribution in [-0.2, 0) is 5.75 Å². The minimum absolute atomic E-state index is 0.504. The topological polar surface area (TPSA) is 38.9 Å². The lowest BCUT2D eigenvalue weighted by molar-refractivity contribution is 0.846. The fourth-order valence-electron chi connectivity index (χ4n) is 1.44. The molecule has 0 aliphatic carbocycles. The summed E-state index contributed by atoms with van der Waals surface area (Å²) >= 11 is 6.93. The number of rotatable bonds is 4. The van der Waals surface area contributed by atoms with Crippen molar-refractivity contribution in [3.05, 3.63) is 38.8 Å². The molecular weight excluding hydrogens is 328 g/mol. The fourth-order valence-corrected chi connectivity index (χ4v) is 3.79. The van der Waals surface area contributed by atoms with Crippen molar-refractivity contribution in [2.75, 3.05) is 5.73 Å². The maximum atomic E-state index is 5.95. The van der Waals surface area contributed by atoms with Crippen molar-refractivity contribution < 1.29 is 0 Å². The van der Waals surface area contributed by atoms with E-state index in [2.05, 4.69) is 46.2 Å². The molecule has 96 valence electrons. The number of aromatic nitrogens is 1. The van der Waals surface area contributed by atoms with Gasteiger partial charge in [-0.25, -0.2) is 4.98 Å². The number of thioether (sulfide) groups is 1. The third kappa shape index (κ3) is 3.49. The summed E-state index contributed by atoms with van der Waals surface area (Å²) < 4.78 is 1.06. The Kier molecular flexibility index (Phi) is 4.70. The van der Waals surface area contributed by atoms with Crippen molar-refractivity contribution in [1.29, 1.82) is 0 Å². The summed E-state index contributed by atoms with van der Waals surface area (Å²) in [5.41, 5.74) is 7.90. The molecule has 2 nitrogen and oxygen atoms in total. The second kappa shape index (κ2) is 6.08. The molecule has 1 aromatic carbocycles. The van der Waals surface area contributed by atoms with Gasteiger partial charge < -0.3 is 5.73 Å². The first-order chi connectivity index (χ1) is 8.56. The van der Waals surface area contributed by atoms with Gasteiger partial charge in [0.25, 0.3) is 0 Å². The molecule has 0 bridgehead atoms. The third-order valence-electron chi connectivity index (χ3n) is 2.41. The molecule has 0 aliphatic heterocycles. The average molecular weight is 343 g/mol. The van der Waals surface area contributed by atoms with Gasteiger partial charge in [-0.15, -0.1) is 23.1 Å². The van der Waals surface area contributed by atoms with Crippen LogP contribution < -0.4 is 5.73 Å². The van der Waals surface area contributed by atoms with Crippen molar-refractivity contribution in [3.63, 3.8) is 0 Å². The van der Waals surface area contributed by atoms with E-state index >= 15 is 0 Å². The summed E-state index contributed by atoms with van der Waals surface area (Å²) in [7, 11) is 0. The van der Waals surface area contributed by atoms with E-state index in [4.69, 9.17) is 5.73 Å². The van der Waals surface area contributed by atoms with Crippen LogP contribution in [0, 0.1) is 0 Å². The highest BCUT2D eigenvalue weighted by atomic mass is 79.9. The first-order valence-corrected chi connectivity index (χ1v) is 8.34. The smallest absolute Gasteiger partial charge is 0.0954 e. The SMILES string of the molecule is CC(C)c1nc(CSc2cc(Br)ccc2N)cs1. The van der Waals surface area contributed by atoms with Crippen LogP contribution in [0.4, 0.5) is 5.69 Å². The number of benzene rings is 1. The summed E-state index contributed by atoms with van der Waals surface area (Å²) in [6, 6.07) is 5.93. The summed E-state index contributed by atoms with van der Waals surface area (Å²) in [6.45, 7) is 4.34. The number of hydrogen-bond donors (Lipinski definition) is 1. The van der Waals surface area contributed by atoms with E-state index in [9.17, 15) is 0 Å². The molecule has 0 radical (unpaired) electrons. The van der Waals surface area contributed by atoms with Gasteiger partial charge in [0.1, 0.15) is 0 Å². The predicted molar refractivity (Wildman–Crippen MR) is 84.3 cm³/mol. The summed E-state index contributed by atoms with van der Waals surface area (Å²) in [5, 5.41) is 3.34. The second-order valence-corrected chi connectivity index (χ2v) is 7.13. The molecule has 0 atom stereocenters. The van der Waals surface area contributed by atoms with E-state index in [-0.39, 0.29) is 0 Å². The van der Waals surface area contributed by atoms with Gasteiger partial charge in [-0.05, 0) is 18.2 Å². The molecule has 1 heterocycles. The Morgan fingerprint density at radius 2 is 2.22 bits per heavy atom. The molecule has 1 aromatic heterocycles. The molecular formula is C13H15BrN2S2. The first-order valence-electron chi connectivity index (χ1n) is 5.68. The van der Waals surface area contributed by atoms with Gasteiger partial charge in [0.05, 0.1) is 10.7 Å².